The van der Waals surface area contributed by atoms with Gasteiger partial charge in [0.25, 0.3) is 0 Å². The van der Waals surface area contributed by atoms with Gasteiger partial charge in [-0.15, -0.1) is 0 Å². The van der Waals surface area contributed by atoms with Crippen molar-refractivity contribution in [3.63, 3.8) is 0 Å². The zero-order valence-electron chi connectivity index (χ0n) is 14.6. The molecule has 1 aliphatic rings. The Kier molecular flexibility index (Phi) is 5.84. The Morgan fingerprint density at radius 3 is 2.88 bits per heavy atom. The lowest BCUT2D eigenvalue weighted by Gasteiger charge is -2.14. The number of methoxy groups -OCH3 is 1. The molecule has 0 radical (unpaired) electrons. The number of hydrogen-bond acceptors (Lipinski definition) is 5. The van der Waals surface area contributed by atoms with Crippen LogP contribution in [-0.2, 0) is 11.3 Å². The van der Waals surface area contributed by atoms with Gasteiger partial charge in [-0.3, -0.25) is 10.1 Å². The molecule has 1 aliphatic heterocycles. The summed E-state index contributed by atoms with van der Waals surface area (Å²) in [5.41, 5.74) is 0.934. The second-order valence-electron chi connectivity index (χ2n) is 5.78. The highest BCUT2D eigenvalue weighted by atomic mass is 16.5. The molecule has 0 spiro atoms. The number of nitrogens with one attached hydrogen (secondary N) is 3. The van der Waals surface area contributed by atoms with Crippen molar-refractivity contribution in [3.05, 3.63) is 30.1 Å². The molecule has 8 heteroatoms. The van der Waals surface area contributed by atoms with E-state index in [0.717, 1.165) is 49.1 Å². The highest BCUT2D eigenvalue weighted by Crippen LogP contribution is 2.18. The van der Waals surface area contributed by atoms with Gasteiger partial charge in [-0.1, -0.05) is 0 Å². The summed E-state index contributed by atoms with van der Waals surface area (Å²) in [5, 5.41) is 13.7. The summed E-state index contributed by atoms with van der Waals surface area (Å²) in [5.74, 6) is 2.92. The Hall–Kier alpha value is -2.61. The first-order valence-electron chi connectivity index (χ1n) is 8.40. The van der Waals surface area contributed by atoms with Gasteiger partial charge in [0.05, 0.1) is 19.8 Å². The van der Waals surface area contributed by atoms with E-state index in [2.05, 4.69) is 30.8 Å². The van der Waals surface area contributed by atoms with Crippen molar-refractivity contribution in [3.8, 4) is 17.1 Å². The molecule has 1 unspecified atom stereocenters. The fourth-order valence-electron chi connectivity index (χ4n) is 2.65. The summed E-state index contributed by atoms with van der Waals surface area (Å²) in [6.45, 7) is 2.12. The number of H-pyrrole nitrogens is 1. The minimum Gasteiger partial charge on any atom is -0.497 e. The van der Waals surface area contributed by atoms with Gasteiger partial charge in [0.2, 0.25) is 0 Å². The van der Waals surface area contributed by atoms with Crippen LogP contribution in [0.4, 0.5) is 0 Å². The lowest BCUT2D eigenvalue weighted by molar-refractivity contribution is 0.114. The highest BCUT2D eigenvalue weighted by molar-refractivity contribution is 5.79. The molecule has 1 saturated heterocycles. The Morgan fingerprint density at radius 2 is 2.20 bits per heavy atom. The van der Waals surface area contributed by atoms with Crippen LogP contribution in [0.15, 0.2) is 29.3 Å². The fourth-order valence-corrected chi connectivity index (χ4v) is 2.65. The standard InChI is InChI=1S/C17H24N6O2/c1-18-17(19-10-14-4-3-9-25-14)20-11-15-21-16(23-22-15)12-5-7-13(24-2)8-6-12/h5-8,14H,3-4,9-11H2,1-2H3,(H2,18,19,20)(H,21,22,23). The van der Waals surface area contributed by atoms with Crippen LogP contribution in [0.5, 0.6) is 5.75 Å². The Bertz CT molecular complexity index is 691. The van der Waals surface area contributed by atoms with E-state index in [4.69, 9.17) is 9.47 Å². The van der Waals surface area contributed by atoms with Crippen molar-refractivity contribution in [1.29, 1.82) is 0 Å². The minimum absolute atomic E-state index is 0.269. The average Bonchev–Trinajstić information content (AvgIpc) is 3.34. The third-order valence-electron chi connectivity index (χ3n) is 4.05. The van der Waals surface area contributed by atoms with Crippen molar-refractivity contribution in [2.24, 2.45) is 4.99 Å². The van der Waals surface area contributed by atoms with Crippen molar-refractivity contribution < 1.29 is 9.47 Å². The van der Waals surface area contributed by atoms with Crippen LogP contribution in [0.3, 0.4) is 0 Å². The van der Waals surface area contributed by atoms with E-state index >= 15 is 0 Å². The van der Waals surface area contributed by atoms with E-state index in [1.807, 2.05) is 24.3 Å². The number of ether oxygens (including phenoxy) is 2. The molecule has 0 amide bonds. The summed E-state index contributed by atoms with van der Waals surface area (Å²) >= 11 is 0. The predicted molar refractivity (Wildman–Crippen MR) is 95.5 cm³/mol. The van der Waals surface area contributed by atoms with Crippen LogP contribution in [0.2, 0.25) is 0 Å². The number of nitrogens with zero attached hydrogens (tertiary/aromatic N) is 3. The van der Waals surface area contributed by atoms with E-state index in [1.54, 1.807) is 14.2 Å². The van der Waals surface area contributed by atoms with Gasteiger partial charge in [-0.25, -0.2) is 4.98 Å². The maximum Gasteiger partial charge on any atom is 0.191 e. The van der Waals surface area contributed by atoms with E-state index in [1.165, 1.54) is 0 Å². The molecule has 1 atom stereocenters. The monoisotopic (exact) mass is 344 g/mol. The van der Waals surface area contributed by atoms with Crippen molar-refractivity contribution in [2.75, 3.05) is 27.3 Å². The second kappa shape index (κ2) is 8.48. The molecule has 1 aromatic carbocycles. The van der Waals surface area contributed by atoms with Gasteiger partial charge < -0.3 is 20.1 Å². The summed E-state index contributed by atoms with van der Waals surface area (Å²) < 4.78 is 10.8. The number of rotatable bonds is 6. The summed E-state index contributed by atoms with van der Waals surface area (Å²) in [6.07, 6.45) is 2.49. The van der Waals surface area contributed by atoms with Crippen LogP contribution < -0.4 is 15.4 Å². The van der Waals surface area contributed by atoms with Crippen molar-refractivity contribution >= 4 is 5.96 Å². The summed E-state index contributed by atoms with van der Waals surface area (Å²) in [7, 11) is 3.39. The van der Waals surface area contributed by atoms with Crippen molar-refractivity contribution in [1.82, 2.24) is 25.8 Å². The lowest BCUT2D eigenvalue weighted by Crippen LogP contribution is -2.40. The van der Waals surface area contributed by atoms with Gasteiger partial charge in [-0.05, 0) is 37.1 Å². The van der Waals surface area contributed by atoms with E-state index in [-0.39, 0.29) is 6.10 Å². The first kappa shape index (κ1) is 17.2. The Balaban J connectivity index is 1.51. The Morgan fingerprint density at radius 1 is 1.36 bits per heavy atom. The number of aromatic nitrogens is 3. The van der Waals surface area contributed by atoms with Gasteiger partial charge in [-0.2, -0.15) is 5.10 Å². The summed E-state index contributed by atoms with van der Waals surface area (Å²) in [6, 6.07) is 7.64. The number of hydrogen-bond donors (Lipinski definition) is 3. The molecule has 0 aliphatic carbocycles. The molecule has 0 saturated carbocycles. The molecule has 2 heterocycles. The van der Waals surface area contributed by atoms with Gasteiger partial charge in [0.15, 0.2) is 11.8 Å². The maximum absolute atomic E-state index is 5.60. The molecule has 0 bridgehead atoms. The van der Waals surface area contributed by atoms with E-state index < -0.39 is 0 Å². The molecule has 1 aromatic heterocycles. The highest BCUT2D eigenvalue weighted by Gasteiger charge is 2.15. The van der Waals surface area contributed by atoms with Gasteiger partial charge >= 0.3 is 0 Å². The maximum atomic E-state index is 5.60. The molecule has 134 valence electrons. The third kappa shape index (κ3) is 4.69. The minimum atomic E-state index is 0.269. The number of guanidine groups is 1. The van der Waals surface area contributed by atoms with Gasteiger partial charge in [0, 0.05) is 25.8 Å². The topological polar surface area (TPSA) is 96.5 Å². The van der Waals surface area contributed by atoms with Crippen LogP contribution in [0.25, 0.3) is 11.4 Å². The van der Waals surface area contributed by atoms with Crippen LogP contribution in [-0.4, -0.2) is 54.6 Å². The third-order valence-corrected chi connectivity index (χ3v) is 4.05. The normalized spacial score (nSPS) is 17.5. The van der Waals surface area contributed by atoms with E-state index in [9.17, 15) is 0 Å². The fraction of sp³-hybridized carbons (Fsp3) is 0.471. The van der Waals surface area contributed by atoms with Crippen LogP contribution in [0.1, 0.15) is 18.7 Å². The molecule has 1 fully saturated rings. The largest absolute Gasteiger partial charge is 0.497 e. The molecule has 3 N–H and O–H groups in total. The second-order valence-corrected chi connectivity index (χ2v) is 5.78. The zero-order valence-corrected chi connectivity index (χ0v) is 14.6. The van der Waals surface area contributed by atoms with Crippen molar-refractivity contribution in [2.45, 2.75) is 25.5 Å². The van der Waals surface area contributed by atoms with Crippen LogP contribution >= 0.6 is 0 Å². The molecule has 8 nitrogen and oxygen atoms in total. The van der Waals surface area contributed by atoms with E-state index in [0.29, 0.717) is 12.4 Å². The zero-order chi connectivity index (χ0) is 17.5. The van der Waals surface area contributed by atoms with Gasteiger partial charge in [0.1, 0.15) is 11.6 Å². The number of aromatic amines is 1. The van der Waals surface area contributed by atoms with Crippen LogP contribution in [0, 0.1) is 0 Å². The SMILES string of the molecule is CN=C(NCc1nc(-c2ccc(OC)cc2)n[nH]1)NCC1CCCO1. The molecular formula is C17H24N6O2. The first-order valence-corrected chi connectivity index (χ1v) is 8.40. The Labute approximate surface area is 147 Å². The lowest BCUT2D eigenvalue weighted by atomic mass is 10.2. The number of aliphatic imine (C=N–C) groups is 1. The molecule has 3 rings (SSSR count). The molecule has 25 heavy (non-hydrogen) atoms. The summed E-state index contributed by atoms with van der Waals surface area (Å²) in [4.78, 5) is 8.71. The smallest absolute Gasteiger partial charge is 0.191 e. The molecular weight excluding hydrogens is 320 g/mol. The number of benzene rings is 1. The predicted octanol–water partition coefficient (Wildman–Crippen LogP) is 1.32. The molecule has 2 aromatic rings. The quantitative estimate of drug-likeness (QED) is 0.540. The average molecular weight is 344 g/mol. The first-order chi connectivity index (χ1) is 12.3.